The van der Waals surface area contributed by atoms with Crippen LogP contribution in [0.15, 0.2) is 54.6 Å². The van der Waals surface area contributed by atoms with Crippen molar-refractivity contribution in [2.24, 2.45) is 11.8 Å². The molecule has 2 aromatic rings. The fourth-order valence-electron chi connectivity index (χ4n) is 7.09. The molecule has 0 aliphatic heterocycles. The molecule has 0 heterocycles. The van der Waals surface area contributed by atoms with Crippen LogP contribution in [0.4, 0.5) is 0 Å². The Hall–Kier alpha value is -1.82. The summed E-state index contributed by atoms with van der Waals surface area (Å²) in [5.41, 5.74) is 7.30. The van der Waals surface area contributed by atoms with E-state index in [9.17, 15) is 0 Å². The highest BCUT2D eigenvalue weighted by Gasteiger charge is 2.22. The Morgan fingerprint density at radius 2 is 1.05 bits per heavy atom. The van der Waals surface area contributed by atoms with E-state index in [1.807, 2.05) is 0 Å². The molecule has 0 heteroatoms. The number of benzene rings is 2. The molecule has 0 bridgehead atoms. The lowest BCUT2D eigenvalue weighted by Crippen LogP contribution is -2.13. The first kappa shape index (κ1) is 29.2. The summed E-state index contributed by atoms with van der Waals surface area (Å²) in [6.07, 6.45) is 29.2. The van der Waals surface area contributed by atoms with E-state index in [1.165, 1.54) is 139 Å². The second-order valence-corrected chi connectivity index (χ2v) is 12.7. The van der Waals surface area contributed by atoms with E-state index in [1.54, 1.807) is 11.1 Å². The van der Waals surface area contributed by atoms with Crippen molar-refractivity contribution in [3.8, 4) is 11.1 Å². The Bertz CT molecular complexity index is 923. The Morgan fingerprint density at radius 1 is 0.526 bits per heavy atom. The second-order valence-electron chi connectivity index (χ2n) is 12.7. The van der Waals surface area contributed by atoms with E-state index in [4.69, 9.17) is 0 Å². The SMILES string of the molecule is CCCCCCCCC1CC=C(c2ccc(-c3ccc(C4CCC(CCCCCC)CC4)cc3)cc2)CC1. The van der Waals surface area contributed by atoms with E-state index >= 15 is 0 Å². The maximum atomic E-state index is 2.55. The fraction of sp³-hybridized carbons (Fsp3) is 0.632. The first-order chi connectivity index (χ1) is 18.8. The summed E-state index contributed by atoms with van der Waals surface area (Å²) < 4.78 is 0. The average molecular weight is 513 g/mol. The highest BCUT2D eigenvalue weighted by atomic mass is 14.3. The highest BCUT2D eigenvalue weighted by Crippen LogP contribution is 2.39. The molecule has 0 aromatic heterocycles. The fourth-order valence-corrected chi connectivity index (χ4v) is 7.09. The summed E-state index contributed by atoms with van der Waals surface area (Å²) in [6, 6.07) is 19.0. The van der Waals surface area contributed by atoms with Gasteiger partial charge in [0.05, 0.1) is 0 Å². The van der Waals surface area contributed by atoms with Crippen molar-refractivity contribution in [3.05, 3.63) is 65.7 Å². The molecule has 0 spiro atoms. The van der Waals surface area contributed by atoms with Gasteiger partial charge < -0.3 is 0 Å². The van der Waals surface area contributed by atoms with Gasteiger partial charge in [0.2, 0.25) is 0 Å². The van der Waals surface area contributed by atoms with E-state index in [0.717, 1.165) is 17.8 Å². The van der Waals surface area contributed by atoms with Gasteiger partial charge in [-0.2, -0.15) is 0 Å². The van der Waals surface area contributed by atoms with Gasteiger partial charge in [-0.05, 0) is 90.5 Å². The maximum Gasteiger partial charge on any atom is -0.0162 e. The minimum Gasteiger partial charge on any atom is -0.0804 e. The molecule has 2 aliphatic carbocycles. The summed E-state index contributed by atoms with van der Waals surface area (Å²) in [5, 5.41) is 0. The molecule has 0 N–H and O–H groups in total. The zero-order valence-electron chi connectivity index (χ0n) is 24.9. The van der Waals surface area contributed by atoms with E-state index < -0.39 is 0 Å². The third-order valence-electron chi connectivity index (χ3n) is 9.77. The molecule has 1 unspecified atom stereocenters. The molecule has 0 saturated heterocycles. The molecule has 0 radical (unpaired) electrons. The Balaban J connectivity index is 1.21. The minimum absolute atomic E-state index is 0.779. The molecule has 208 valence electrons. The van der Waals surface area contributed by atoms with Crippen LogP contribution in [0.5, 0.6) is 0 Å². The molecule has 4 rings (SSSR count). The number of rotatable bonds is 15. The maximum absolute atomic E-state index is 2.55. The number of allylic oxidation sites excluding steroid dienone is 2. The van der Waals surface area contributed by atoms with Gasteiger partial charge in [0.1, 0.15) is 0 Å². The van der Waals surface area contributed by atoms with E-state index in [0.29, 0.717) is 0 Å². The Kier molecular flexibility index (Phi) is 12.5. The molecule has 2 aromatic carbocycles. The summed E-state index contributed by atoms with van der Waals surface area (Å²) in [4.78, 5) is 0. The molecule has 1 saturated carbocycles. The predicted octanol–water partition coefficient (Wildman–Crippen LogP) is 12.5. The quantitative estimate of drug-likeness (QED) is 0.208. The molecule has 1 atom stereocenters. The van der Waals surface area contributed by atoms with Gasteiger partial charge in [-0.1, -0.05) is 146 Å². The van der Waals surface area contributed by atoms with Gasteiger partial charge in [-0.25, -0.2) is 0 Å². The van der Waals surface area contributed by atoms with Crippen LogP contribution >= 0.6 is 0 Å². The van der Waals surface area contributed by atoms with Crippen LogP contribution in [0.25, 0.3) is 16.7 Å². The first-order valence-electron chi connectivity index (χ1n) is 16.7. The summed E-state index contributed by atoms with van der Waals surface area (Å²) in [7, 11) is 0. The molecule has 2 aliphatic rings. The number of unbranched alkanes of at least 4 members (excludes halogenated alkanes) is 8. The number of hydrogen-bond acceptors (Lipinski definition) is 0. The van der Waals surface area contributed by atoms with Gasteiger partial charge >= 0.3 is 0 Å². The largest absolute Gasteiger partial charge is 0.0804 e. The van der Waals surface area contributed by atoms with Crippen LogP contribution in [0.2, 0.25) is 0 Å². The minimum atomic E-state index is 0.779. The van der Waals surface area contributed by atoms with Crippen LogP contribution in [0.1, 0.15) is 153 Å². The third kappa shape index (κ3) is 9.14. The highest BCUT2D eigenvalue weighted by molar-refractivity contribution is 5.71. The van der Waals surface area contributed by atoms with Crippen molar-refractivity contribution < 1.29 is 0 Å². The number of hydrogen-bond donors (Lipinski definition) is 0. The van der Waals surface area contributed by atoms with Crippen molar-refractivity contribution in [2.75, 3.05) is 0 Å². The van der Waals surface area contributed by atoms with Crippen molar-refractivity contribution in [3.63, 3.8) is 0 Å². The molecule has 1 fully saturated rings. The van der Waals surface area contributed by atoms with Crippen LogP contribution in [-0.4, -0.2) is 0 Å². The van der Waals surface area contributed by atoms with Gasteiger partial charge in [0, 0.05) is 0 Å². The lowest BCUT2D eigenvalue weighted by atomic mass is 9.77. The van der Waals surface area contributed by atoms with Crippen molar-refractivity contribution >= 4 is 5.57 Å². The van der Waals surface area contributed by atoms with Gasteiger partial charge in [0.25, 0.3) is 0 Å². The van der Waals surface area contributed by atoms with Crippen LogP contribution in [0.3, 0.4) is 0 Å². The zero-order valence-corrected chi connectivity index (χ0v) is 24.9. The Morgan fingerprint density at radius 3 is 1.66 bits per heavy atom. The average Bonchev–Trinajstić information content (AvgIpc) is 2.98. The normalized spacial score (nSPS) is 21.8. The second kappa shape index (κ2) is 16.3. The Labute approximate surface area is 235 Å². The molecule has 0 amide bonds. The van der Waals surface area contributed by atoms with Gasteiger partial charge in [0.15, 0.2) is 0 Å². The van der Waals surface area contributed by atoms with Gasteiger partial charge in [-0.3, -0.25) is 0 Å². The van der Waals surface area contributed by atoms with Gasteiger partial charge in [-0.15, -0.1) is 0 Å². The van der Waals surface area contributed by atoms with Crippen LogP contribution < -0.4 is 0 Å². The molecular weight excluding hydrogens is 456 g/mol. The molecule has 0 nitrogen and oxygen atoms in total. The third-order valence-corrected chi connectivity index (χ3v) is 9.77. The lowest BCUT2D eigenvalue weighted by Gasteiger charge is -2.29. The van der Waals surface area contributed by atoms with E-state index in [-0.39, 0.29) is 0 Å². The first-order valence-corrected chi connectivity index (χ1v) is 16.7. The van der Waals surface area contributed by atoms with Crippen molar-refractivity contribution in [2.45, 2.75) is 142 Å². The smallest absolute Gasteiger partial charge is 0.0162 e. The predicted molar refractivity (Wildman–Crippen MR) is 169 cm³/mol. The summed E-state index contributed by atoms with van der Waals surface area (Å²) in [6.45, 7) is 4.62. The lowest BCUT2D eigenvalue weighted by molar-refractivity contribution is 0.302. The van der Waals surface area contributed by atoms with E-state index in [2.05, 4.69) is 68.5 Å². The zero-order chi connectivity index (χ0) is 26.4. The van der Waals surface area contributed by atoms with Crippen LogP contribution in [-0.2, 0) is 0 Å². The molecule has 38 heavy (non-hydrogen) atoms. The standard InChI is InChI=1S/C38H56/c1-3-5-7-9-10-12-14-32-17-21-34(22-18-32)36-25-29-38(30-26-36)37-27-23-35(24-28-37)33-19-15-31(16-20-33)13-11-8-6-4-2/h21,23-33H,3-20,22H2,1-2H3. The van der Waals surface area contributed by atoms with Crippen molar-refractivity contribution in [1.82, 2.24) is 0 Å². The summed E-state index contributed by atoms with van der Waals surface area (Å²) in [5.74, 6) is 2.69. The summed E-state index contributed by atoms with van der Waals surface area (Å²) >= 11 is 0. The van der Waals surface area contributed by atoms with Crippen molar-refractivity contribution in [1.29, 1.82) is 0 Å². The monoisotopic (exact) mass is 512 g/mol. The molecular formula is C38H56. The topological polar surface area (TPSA) is 0 Å². The van der Waals surface area contributed by atoms with Crippen LogP contribution in [0, 0.1) is 11.8 Å².